The topological polar surface area (TPSA) is 111 Å². The first kappa shape index (κ1) is 20.3. The van der Waals surface area contributed by atoms with E-state index in [1.54, 1.807) is 43.1 Å². The van der Waals surface area contributed by atoms with Gasteiger partial charge in [-0.2, -0.15) is 4.68 Å². The van der Waals surface area contributed by atoms with Crippen LogP contribution in [0.1, 0.15) is 15.9 Å². The van der Waals surface area contributed by atoms with Gasteiger partial charge in [-0.1, -0.05) is 17.8 Å². The Morgan fingerprint density at radius 2 is 1.93 bits per heavy atom. The second-order valence-corrected chi connectivity index (χ2v) is 6.98. The van der Waals surface area contributed by atoms with Crippen LogP contribution in [-0.4, -0.2) is 51.9 Å². The Morgan fingerprint density at radius 3 is 2.62 bits per heavy atom. The van der Waals surface area contributed by atoms with Crippen LogP contribution < -0.4 is 15.4 Å². The number of rotatable bonds is 7. The third-order valence-electron chi connectivity index (χ3n) is 3.99. The summed E-state index contributed by atoms with van der Waals surface area (Å²) in [4.78, 5) is 23.9. The minimum atomic E-state index is -0.214. The number of nitrogens with zero attached hydrogens (tertiary/aromatic N) is 4. The van der Waals surface area contributed by atoms with Crippen LogP contribution >= 0.6 is 11.8 Å². The van der Waals surface area contributed by atoms with E-state index in [9.17, 15) is 9.59 Å². The number of hydrogen-bond acceptors (Lipinski definition) is 7. The molecule has 0 fully saturated rings. The number of anilines is 1. The van der Waals surface area contributed by atoms with Gasteiger partial charge in [-0.3, -0.25) is 9.59 Å². The Morgan fingerprint density at radius 1 is 1.17 bits per heavy atom. The SMILES string of the molecule is CNC(=O)c1ccc(NC(=O)CSc2nnnn2-c2cc(C)ccc2OC)cc1. The average molecular weight is 412 g/mol. The highest BCUT2D eigenvalue weighted by atomic mass is 32.2. The molecule has 1 heterocycles. The summed E-state index contributed by atoms with van der Waals surface area (Å²) in [6, 6.07) is 12.3. The third kappa shape index (κ3) is 4.91. The van der Waals surface area contributed by atoms with E-state index in [0.717, 1.165) is 5.56 Å². The smallest absolute Gasteiger partial charge is 0.251 e. The zero-order valence-electron chi connectivity index (χ0n) is 16.2. The molecule has 3 aromatic rings. The summed E-state index contributed by atoms with van der Waals surface area (Å²) in [6.07, 6.45) is 0. The van der Waals surface area contributed by atoms with E-state index in [0.29, 0.717) is 27.8 Å². The molecule has 10 heteroatoms. The Balaban J connectivity index is 1.66. The van der Waals surface area contributed by atoms with Crippen molar-refractivity contribution in [3.05, 3.63) is 53.6 Å². The van der Waals surface area contributed by atoms with Gasteiger partial charge in [0.25, 0.3) is 5.91 Å². The maximum atomic E-state index is 12.3. The van der Waals surface area contributed by atoms with Crippen molar-refractivity contribution in [2.75, 3.05) is 25.2 Å². The van der Waals surface area contributed by atoms with Gasteiger partial charge in [0.2, 0.25) is 11.1 Å². The molecule has 29 heavy (non-hydrogen) atoms. The van der Waals surface area contributed by atoms with Crippen molar-refractivity contribution in [2.24, 2.45) is 0 Å². The van der Waals surface area contributed by atoms with Gasteiger partial charge in [-0.25, -0.2) is 0 Å². The lowest BCUT2D eigenvalue weighted by molar-refractivity contribution is -0.113. The molecule has 150 valence electrons. The number of benzene rings is 2. The highest BCUT2D eigenvalue weighted by Crippen LogP contribution is 2.27. The fraction of sp³-hybridized carbons (Fsp3) is 0.211. The number of carbonyl (C=O) groups is 2. The highest BCUT2D eigenvalue weighted by molar-refractivity contribution is 7.99. The third-order valence-corrected chi connectivity index (χ3v) is 4.91. The molecule has 0 atom stereocenters. The molecular weight excluding hydrogens is 392 g/mol. The number of aryl methyl sites for hydroxylation is 1. The van der Waals surface area contributed by atoms with Gasteiger partial charge < -0.3 is 15.4 Å². The molecule has 9 nitrogen and oxygen atoms in total. The van der Waals surface area contributed by atoms with Crippen LogP contribution in [0.25, 0.3) is 5.69 Å². The lowest BCUT2D eigenvalue weighted by Crippen LogP contribution is -2.18. The van der Waals surface area contributed by atoms with Crippen LogP contribution in [0.15, 0.2) is 47.6 Å². The van der Waals surface area contributed by atoms with Crippen molar-refractivity contribution in [2.45, 2.75) is 12.1 Å². The van der Waals surface area contributed by atoms with E-state index in [1.807, 2.05) is 25.1 Å². The zero-order valence-corrected chi connectivity index (χ0v) is 17.0. The summed E-state index contributed by atoms with van der Waals surface area (Å²) in [5.74, 6) is 0.349. The molecule has 0 aliphatic heterocycles. The van der Waals surface area contributed by atoms with Crippen LogP contribution in [0, 0.1) is 6.92 Å². The molecule has 0 aliphatic carbocycles. The molecule has 1 aromatic heterocycles. The van der Waals surface area contributed by atoms with E-state index < -0.39 is 0 Å². The molecule has 0 saturated heterocycles. The van der Waals surface area contributed by atoms with Crippen LogP contribution in [0.2, 0.25) is 0 Å². The van der Waals surface area contributed by atoms with E-state index in [-0.39, 0.29) is 17.6 Å². The van der Waals surface area contributed by atoms with Crippen molar-refractivity contribution < 1.29 is 14.3 Å². The van der Waals surface area contributed by atoms with Crippen LogP contribution in [-0.2, 0) is 4.79 Å². The zero-order chi connectivity index (χ0) is 20.8. The fourth-order valence-electron chi connectivity index (χ4n) is 2.56. The van der Waals surface area contributed by atoms with Gasteiger partial charge in [0.15, 0.2) is 0 Å². The Bertz CT molecular complexity index is 1020. The summed E-state index contributed by atoms with van der Waals surface area (Å²) < 4.78 is 6.93. The molecule has 0 saturated carbocycles. The minimum absolute atomic E-state index is 0.117. The van der Waals surface area contributed by atoms with Crippen molar-refractivity contribution in [1.82, 2.24) is 25.5 Å². The predicted octanol–water partition coefficient (Wildman–Crippen LogP) is 2.07. The molecule has 0 spiro atoms. The maximum Gasteiger partial charge on any atom is 0.251 e. The Hall–Kier alpha value is -3.40. The maximum absolute atomic E-state index is 12.3. The first-order chi connectivity index (χ1) is 14.0. The monoisotopic (exact) mass is 412 g/mol. The molecule has 3 rings (SSSR count). The number of methoxy groups -OCH3 is 1. The van der Waals surface area contributed by atoms with Crippen molar-refractivity contribution in [3.63, 3.8) is 0 Å². The van der Waals surface area contributed by atoms with E-state index >= 15 is 0 Å². The lowest BCUT2D eigenvalue weighted by atomic mass is 10.2. The molecule has 0 unspecified atom stereocenters. The number of thioether (sulfide) groups is 1. The van der Waals surface area contributed by atoms with Gasteiger partial charge in [-0.15, -0.1) is 5.10 Å². The highest BCUT2D eigenvalue weighted by Gasteiger charge is 2.15. The molecule has 0 radical (unpaired) electrons. The van der Waals surface area contributed by atoms with Crippen LogP contribution in [0.4, 0.5) is 5.69 Å². The average Bonchev–Trinajstić information content (AvgIpc) is 3.20. The number of ether oxygens (including phenoxy) is 1. The first-order valence-electron chi connectivity index (χ1n) is 8.70. The van der Waals surface area contributed by atoms with E-state index in [2.05, 4.69) is 26.2 Å². The first-order valence-corrected chi connectivity index (χ1v) is 9.68. The summed E-state index contributed by atoms with van der Waals surface area (Å²) in [5.41, 5.74) is 2.85. The molecule has 2 aromatic carbocycles. The van der Waals surface area contributed by atoms with E-state index in [1.165, 1.54) is 11.8 Å². The van der Waals surface area contributed by atoms with Crippen molar-refractivity contribution in [1.29, 1.82) is 0 Å². The molecule has 0 bridgehead atoms. The summed E-state index contributed by atoms with van der Waals surface area (Å²) in [5, 5.41) is 17.5. The Labute approximate surface area is 171 Å². The van der Waals surface area contributed by atoms with Crippen molar-refractivity contribution in [3.8, 4) is 11.4 Å². The Kier molecular flexibility index (Phi) is 6.45. The summed E-state index contributed by atoms with van der Waals surface area (Å²) >= 11 is 1.21. The minimum Gasteiger partial charge on any atom is -0.494 e. The van der Waals surface area contributed by atoms with Crippen LogP contribution in [0.3, 0.4) is 0 Å². The van der Waals surface area contributed by atoms with Gasteiger partial charge >= 0.3 is 0 Å². The number of amides is 2. The van der Waals surface area contributed by atoms with E-state index in [4.69, 9.17) is 4.74 Å². The lowest BCUT2D eigenvalue weighted by Gasteiger charge is -2.10. The molecule has 0 aliphatic rings. The van der Waals surface area contributed by atoms with Gasteiger partial charge in [0.1, 0.15) is 11.4 Å². The summed E-state index contributed by atoms with van der Waals surface area (Å²) in [7, 11) is 3.14. The molecule has 2 N–H and O–H groups in total. The van der Waals surface area contributed by atoms with Gasteiger partial charge in [-0.05, 0) is 59.3 Å². The standard InChI is InChI=1S/C19H20N6O3S/c1-12-4-9-16(28-3)15(10-12)25-19(22-23-24-25)29-11-17(26)21-14-7-5-13(6-8-14)18(27)20-2/h4-10H,11H2,1-3H3,(H,20,27)(H,21,26). The molecular formula is C19H20N6O3S. The van der Waals surface area contributed by atoms with Gasteiger partial charge in [0, 0.05) is 18.3 Å². The molecule has 2 amide bonds. The largest absolute Gasteiger partial charge is 0.494 e. The number of hydrogen-bond donors (Lipinski definition) is 2. The summed E-state index contributed by atoms with van der Waals surface area (Å²) in [6.45, 7) is 1.96. The van der Waals surface area contributed by atoms with Crippen molar-refractivity contribution >= 4 is 29.3 Å². The number of aromatic nitrogens is 4. The predicted molar refractivity (Wildman–Crippen MR) is 110 cm³/mol. The second kappa shape index (κ2) is 9.20. The number of nitrogens with one attached hydrogen (secondary N) is 2. The quantitative estimate of drug-likeness (QED) is 0.572. The number of carbonyl (C=O) groups excluding carboxylic acids is 2. The normalized spacial score (nSPS) is 10.4. The number of tetrazole rings is 1. The second-order valence-electron chi connectivity index (χ2n) is 6.04. The van der Waals surface area contributed by atoms with Gasteiger partial charge in [0.05, 0.1) is 12.9 Å². The fourth-order valence-corrected chi connectivity index (χ4v) is 3.25. The van der Waals surface area contributed by atoms with Crippen LogP contribution in [0.5, 0.6) is 5.75 Å².